The average molecular weight is 416 g/mol. The third-order valence-corrected chi connectivity index (χ3v) is 5.64. The number of esters is 1. The van der Waals surface area contributed by atoms with Crippen molar-refractivity contribution in [2.24, 2.45) is 4.99 Å². The van der Waals surface area contributed by atoms with E-state index in [1.54, 1.807) is 19.2 Å². The second kappa shape index (κ2) is 7.77. The Morgan fingerprint density at radius 1 is 1.32 bits per heavy atom. The summed E-state index contributed by atoms with van der Waals surface area (Å²) in [6, 6.07) is 11.3. The number of halogens is 1. The fourth-order valence-electron chi connectivity index (χ4n) is 3.10. The molecule has 1 atom stereocenters. The topological polar surface area (TPSA) is 67.9 Å². The zero-order valence-electron chi connectivity index (χ0n) is 15.4. The van der Waals surface area contributed by atoms with E-state index >= 15 is 0 Å². The summed E-state index contributed by atoms with van der Waals surface area (Å²) < 4.78 is 11.8. The average Bonchev–Trinajstić information content (AvgIpc) is 3.28. The molecule has 1 unspecified atom stereocenters. The number of carbonyl (C=O) groups excluding carboxylic acids is 1. The molecule has 2 aromatic heterocycles. The Labute approximate surface area is 171 Å². The van der Waals surface area contributed by atoms with E-state index < -0.39 is 0 Å². The van der Waals surface area contributed by atoms with E-state index in [2.05, 4.69) is 9.98 Å². The number of hydrogen-bond acceptors (Lipinski definition) is 7. The highest BCUT2D eigenvalue weighted by atomic mass is 35.5. The van der Waals surface area contributed by atoms with Crippen LogP contribution in [-0.2, 0) is 16.0 Å². The van der Waals surface area contributed by atoms with Gasteiger partial charge >= 0.3 is 5.97 Å². The SMILES string of the molecule is CCOC(=O)Cc1nc(C2C=Nc3ccccc3N2C)oc1-c1ccc(Cl)s1. The Hall–Kier alpha value is -2.64. The number of anilines is 1. The number of thiophene rings is 1. The molecule has 0 aliphatic carbocycles. The number of hydrogen-bond donors (Lipinski definition) is 0. The van der Waals surface area contributed by atoms with Crippen molar-refractivity contribution in [3.63, 3.8) is 0 Å². The summed E-state index contributed by atoms with van der Waals surface area (Å²) in [4.78, 5) is 24.1. The summed E-state index contributed by atoms with van der Waals surface area (Å²) in [5.41, 5.74) is 2.42. The Morgan fingerprint density at radius 2 is 2.14 bits per heavy atom. The van der Waals surface area contributed by atoms with Gasteiger partial charge in [0.05, 0.1) is 39.3 Å². The number of benzene rings is 1. The molecule has 0 bridgehead atoms. The standard InChI is InChI=1S/C20H18ClN3O3S/c1-3-26-18(25)10-13-19(16-8-9-17(21)28-16)27-20(23-13)15-11-22-12-6-4-5-7-14(12)24(15)2/h4-9,11,15H,3,10H2,1-2H3. The van der Waals surface area contributed by atoms with Gasteiger partial charge in [0.25, 0.3) is 0 Å². The predicted molar refractivity (Wildman–Crippen MR) is 111 cm³/mol. The lowest BCUT2D eigenvalue weighted by atomic mass is 10.1. The number of aromatic nitrogens is 1. The second-order valence-corrected chi connectivity index (χ2v) is 7.95. The number of nitrogens with zero attached hydrogens (tertiary/aromatic N) is 3. The molecule has 4 rings (SSSR count). The molecule has 0 saturated heterocycles. The zero-order valence-corrected chi connectivity index (χ0v) is 17.0. The molecule has 1 aliphatic rings. The van der Waals surface area contributed by atoms with E-state index in [1.165, 1.54) is 11.3 Å². The molecule has 0 spiro atoms. The molecule has 8 heteroatoms. The monoisotopic (exact) mass is 415 g/mol. The number of oxazole rings is 1. The number of para-hydroxylation sites is 2. The number of carbonyl (C=O) groups is 1. The number of fused-ring (bicyclic) bond motifs is 1. The third-order valence-electron chi connectivity index (χ3n) is 4.41. The molecule has 3 aromatic rings. The van der Waals surface area contributed by atoms with Gasteiger partial charge in [-0.05, 0) is 31.2 Å². The van der Waals surface area contributed by atoms with Crippen LogP contribution in [0.4, 0.5) is 11.4 Å². The Balaban J connectivity index is 1.72. The Morgan fingerprint density at radius 3 is 2.89 bits per heavy atom. The lowest BCUT2D eigenvalue weighted by Crippen LogP contribution is -2.27. The van der Waals surface area contributed by atoms with Gasteiger partial charge in [0.15, 0.2) is 5.76 Å². The molecule has 28 heavy (non-hydrogen) atoms. The van der Waals surface area contributed by atoms with Crippen LogP contribution in [-0.4, -0.2) is 30.8 Å². The van der Waals surface area contributed by atoms with Gasteiger partial charge in [-0.3, -0.25) is 9.79 Å². The minimum absolute atomic E-state index is 0.0341. The lowest BCUT2D eigenvalue weighted by Gasteiger charge is -2.29. The van der Waals surface area contributed by atoms with E-state index in [1.807, 2.05) is 42.3 Å². The van der Waals surface area contributed by atoms with Crippen molar-refractivity contribution in [3.8, 4) is 10.6 Å². The van der Waals surface area contributed by atoms with Crippen LogP contribution in [0.15, 0.2) is 45.8 Å². The molecule has 3 heterocycles. The van der Waals surface area contributed by atoms with E-state index in [9.17, 15) is 4.79 Å². The molecule has 144 valence electrons. The van der Waals surface area contributed by atoms with Gasteiger partial charge in [-0.1, -0.05) is 23.7 Å². The first-order valence-electron chi connectivity index (χ1n) is 8.83. The summed E-state index contributed by atoms with van der Waals surface area (Å²) >= 11 is 7.47. The molecule has 1 aromatic carbocycles. The van der Waals surface area contributed by atoms with Gasteiger partial charge in [-0.25, -0.2) is 4.98 Å². The van der Waals surface area contributed by atoms with Crippen LogP contribution < -0.4 is 4.90 Å². The number of rotatable bonds is 5. The van der Waals surface area contributed by atoms with Crippen molar-refractivity contribution in [2.45, 2.75) is 19.4 Å². The van der Waals surface area contributed by atoms with E-state index in [0.717, 1.165) is 16.3 Å². The van der Waals surface area contributed by atoms with Crippen LogP contribution in [0.3, 0.4) is 0 Å². The van der Waals surface area contributed by atoms with Crippen LogP contribution in [0.2, 0.25) is 4.34 Å². The van der Waals surface area contributed by atoms with Gasteiger partial charge in [-0.2, -0.15) is 0 Å². The smallest absolute Gasteiger partial charge is 0.312 e. The zero-order chi connectivity index (χ0) is 19.7. The van der Waals surface area contributed by atoms with Crippen LogP contribution in [0.5, 0.6) is 0 Å². The highest BCUT2D eigenvalue weighted by Gasteiger charge is 2.29. The first kappa shape index (κ1) is 18.7. The third kappa shape index (κ3) is 3.55. The second-order valence-electron chi connectivity index (χ2n) is 6.24. The lowest BCUT2D eigenvalue weighted by molar-refractivity contribution is -0.142. The number of ether oxygens (including phenoxy) is 1. The van der Waals surface area contributed by atoms with Crippen molar-refractivity contribution in [1.29, 1.82) is 0 Å². The largest absolute Gasteiger partial charge is 0.466 e. The molecular formula is C20H18ClN3O3S. The molecule has 0 fully saturated rings. The van der Waals surface area contributed by atoms with Crippen molar-refractivity contribution in [1.82, 2.24) is 4.98 Å². The first-order valence-corrected chi connectivity index (χ1v) is 10.0. The fourth-order valence-corrected chi connectivity index (χ4v) is 4.14. The van der Waals surface area contributed by atoms with Crippen molar-refractivity contribution in [3.05, 3.63) is 52.3 Å². The molecule has 1 aliphatic heterocycles. The van der Waals surface area contributed by atoms with Crippen LogP contribution in [0.1, 0.15) is 24.6 Å². The maximum Gasteiger partial charge on any atom is 0.312 e. The van der Waals surface area contributed by atoms with Gasteiger partial charge in [0.1, 0.15) is 6.04 Å². The van der Waals surface area contributed by atoms with Gasteiger partial charge in [0, 0.05) is 13.3 Å². The maximum atomic E-state index is 12.1. The quantitative estimate of drug-likeness (QED) is 0.545. The first-order chi connectivity index (χ1) is 13.6. The van der Waals surface area contributed by atoms with E-state index in [-0.39, 0.29) is 18.4 Å². The fraction of sp³-hybridized carbons (Fsp3) is 0.250. The minimum atomic E-state index is -0.345. The summed E-state index contributed by atoms with van der Waals surface area (Å²) in [6.45, 7) is 2.09. The van der Waals surface area contributed by atoms with Crippen molar-refractivity contribution in [2.75, 3.05) is 18.6 Å². The summed E-state index contributed by atoms with van der Waals surface area (Å²) in [6.07, 6.45) is 1.83. The normalized spacial score (nSPS) is 15.5. The van der Waals surface area contributed by atoms with Gasteiger partial charge in [-0.15, -0.1) is 11.3 Å². The molecule has 0 amide bonds. The van der Waals surface area contributed by atoms with E-state index in [0.29, 0.717) is 28.3 Å². The molecular weight excluding hydrogens is 398 g/mol. The summed E-state index contributed by atoms with van der Waals surface area (Å²) in [5, 5.41) is 0. The molecule has 6 nitrogen and oxygen atoms in total. The molecule has 0 saturated carbocycles. The molecule has 0 N–H and O–H groups in total. The van der Waals surface area contributed by atoms with Crippen molar-refractivity contribution < 1.29 is 13.9 Å². The van der Waals surface area contributed by atoms with Gasteiger partial charge in [0.2, 0.25) is 5.89 Å². The Kier molecular flexibility index (Phi) is 5.19. The highest BCUT2D eigenvalue weighted by Crippen LogP contribution is 2.39. The Bertz CT molecular complexity index is 1040. The number of aliphatic imine (C=N–C) groups is 1. The van der Waals surface area contributed by atoms with E-state index in [4.69, 9.17) is 20.8 Å². The van der Waals surface area contributed by atoms with Crippen LogP contribution in [0.25, 0.3) is 10.6 Å². The highest BCUT2D eigenvalue weighted by molar-refractivity contribution is 7.19. The summed E-state index contributed by atoms with van der Waals surface area (Å²) in [7, 11) is 1.96. The minimum Gasteiger partial charge on any atom is -0.466 e. The maximum absolute atomic E-state index is 12.1. The molecule has 0 radical (unpaired) electrons. The van der Waals surface area contributed by atoms with Crippen molar-refractivity contribution >= 4 is 46.5 Å². The van der Waals surface area contributed by atoms with Crippen LogP contribution >= 0.6 is 22.9 Å². The van der Waals surface area contributed by atoms with Crippen LogP contribution in [0, 0.1) is 0 Å². The predicted octanol–water partition coefficient (Wildman–Crippen LogP) is 5.06. The van der Waals surface area contributed by atoms with Gasteiger partial charge < -0.3 is 14.1 Å². The summed E-state index contributed by atoms with van der Waals surface area (Å²) in [5.74, 6) is 0.669.